The van der Waals surface area contributed by atoms with Gasteiger partial charge in [-0.15, -0.1) is 11.3 Å². The zero-order valence-electron chi connectivity index (χ0n) is 13.2. The lowest BCUT2D eigenvalue weighted by Gasteiger charge is -2.37. The molecule has 0 bridgehead atoms. The normalized spacial score (nSPS) is 25.2. The van der Waals surface area contributed by atoms with Crippen LogP contribution in [0, 0.1) is 0 Å². The summed E-state index contributed by atoms with van der Waals surface area (Å²) in [4.78, 5) is 18.4. The fourth-order valence-electron chi connectivity index (χ4n) is 3.12. The molecule has 2 fully saturated rings. The molecule has 1 N–H and O–H groups in total. The highest BCUT2D eigenvalue weighted by atomic mass is 32.1. The van der Waals surface area contributed by atoms with Crippen LogP contribution in [-0.2, 0) is 9.53 Å². The van der Waals surface area contributed by atoms with Crippen molar-refractivity contribution in [2.45, 2.75) is 25.0 Å². The topological polar surface area (TPSA) is 44.8 Å². The van der Waals surface area contributed by atoms with E-state index < -0.39 is 0 Å². The van der Waals surface area contributed by atoms with Crippen LogP contribution in [0.1, 0.15) is 23.8 Å². The molecular formula is C16H25N3O2S. The van der Waals surface area contributed by atoms with Gasteiger partial charge in [-0.3, -0.25) is 9.69 Å². The van der Waals surface area contributed by atoms with Crippen molar-refractivity contribution < 1.29 is 9.53 Å². The smallest absolute Gasteiger partial charge is 0.249 e. The molecule has 0 unspecified atom stereocenters. The molecule has 0 aliphatic carbocycles. The average Bonchev–Trinajstić information content (AvgIpc) is 3.22. The number of thiophene rings is 1. The summed E-state index contributed by atoms with van der Waals surface area (Å²) in [6, 6.07) is 4.54. The van der Waals surface area contributed by atoms with Crippen molar-refractivity contribution in [3.05, 3.63) is 22.4 Å². The molecule has 1 amide bonds. The van der Waals surface area contributed by atoms with E-state index in [-0.39, 0.29) is 18.1 Å². The number of amides is 1. The third kappa shape index (κ3) is 3.87. The van der Waals surface area contributed by atoms with Crippen molar-refractivity contribution in [1.29, 1.82) is 0 Å². The predicted octanol–water partition coefficient (Wildman–Crippen LogP) is 1.33. The molecule has 6 heteroatoms. The van der Waals surface area contributed by atoms with Gasteiger partial charge in [0.05, 0.1) is 6.04 Å². The fraction of sp³-hybridized carbons (Fsp3) is 0.688. The maximum atomic E-state index is 12.2. The molecule has 5 nitrogen and oxygen atoms in total. The van der Waals surface area contributed by atoms with Crippen molar-refractivity contribution >= 4 is 17.2 Å². The van der Waals surface area contributed by atoms with Gasteiger partial charge in [-0.25, -0.2) is 0 Å². The number of hydrogen-bond acceptors (Lipinski definition) is 5. The second kappa shape index (κ2) is 7.55. The molecule has 122 valence electrons. The van der Waals surface area contributed by atoms with Gasteiger partial charge in [-0.2, -0.15) is 0 Å². The van der Waals surface area contributed by atoms with Gasteiger partial charge in [0.25, 0.3) is 0 Å². The van der Waals surface area contributed by atoms with Crippen LogP contribution in [0.25, 0.3) is 0 Å². The molecule has 3 heterocycles. The van der Waals surface area contributed by atoms with E-state index in [0.717, 1.165) is 39.0 Å². The first-order chi connectivity index (χ1) is 10.7. The Kier molecular flexibility index (Phi) is 5.46. The van der Waals surface area contributed by atoms with Crippen LogP contribution in [0.15, 0.2) is 17.5 Å². The SMILES string of the molecule is CN1CCN([C@@H](CNC(=O)[C@@H]2CCCO2)c2cccs2)CC1. The molecule has 0 radical (unpaired) electrons. The Hall–Kier alpha value is -0.950. The third-order valence-corrected chi connectivity index (χ3v) is 5.52. The number of carbonyl (C=O) groups excluding carboxylic acids is 1. The molecule has 2 aliphatic heterocycles. The Bertz CT molecular complexity index is 466. The monoisotopic (exact) mass is 323 g/mol. The summed E-state index contributed by atoms with van der Waals surface area (Å²) < 4.78 is 5.47. The third-order valence-electron chi connectivity index (χ3n) is 4.54. The Balaban J connectivity index is 1.60. The maximum absolute atomic E-state index is 12.2. The molecule has 0 spiro atoms. The summed E-state index contributed by atoms with van der Waals surface area (Å²) in [5.74, 6) is 0.0492. The second-order valence-corrected chi connectivity index (χ2v) is 7.10. The van der Waals surface area contributed by atoms with Gasteiger partial charge in [0.15, 0.2) is 0 Å². The van der Waals surface area contributed by atoms with Gasteiger partial charge in [0, 0.05) is 44.2 Å². The van der Waals surface area contributed by atoms with Gasteiger partial charge in [0.2, 0.25) is 5.91 Å². The van der Waals surface area contributed by atoms with Crippen molar-refractivity contribution in [3.63, 3.8) is 0 Å². The quantitative estimate of drug-likeness (QED) is 0.888. The maximum Gasteiger partial charge on any atom is 0.249 e. The summed E-state index contributed by atoms with van der Waals surface area (Å²) in [6.07, 6.45) is 1.60. The number of piperazine rings is 1. The van der Waals surface area contributed by atoms with E-state index in [1.807, 2.05) is 0 Å². The van der Waals surface area contributed by atoms with E-state index >= 15 is 0 Å². The Morgan fingerprint density at radius 2 is 2.27 bits per heavy atom. The number of rotatable bonds is 5. The number of likely N-dealkylation sites (N-methyl/N-ethyl adjacent to an activating group) is 1. The average molecular weight is 323 g/mol. The Labute approximate surface area is 136 Å². The van der Waals surface area contributed by atoms with Crippen LogP contribution in [-0.4, -0.2) is 68.2 Å². The zero-order chi connectivity index (χ0) is 15.4. The summed E-state index contributed by atoms with van der Waals surface area (Å²) in [5, 5.41) is 5.22. The zero-order valence-corrected chi connectivity index (χ0v) is 14.0. The second-order valence-electron chi connectivity index (χ2n) is 6.12. The number of nitrogens with zero attached hydrogens (tertiary/aromatic N) is 2. The first-order valence-electron chi connectivity index (χ1n) is 8.09. The first-order valence-corrected chi connectivity index (χ1v) is 8.97. The Morgan fingerprint density at radius 3 is 2.91 bits per heavy atom. The van der Waals surface area contributed by atoms with E-state index in [4.69, 9.17) is 4.74 Å². The van der Waals surface area contributed by atoms with Crippen LogP contribution in [0.3, 0.4) is 0 Å². The number of carbonyl (C=O) groups is 1. The molecule has 22 heavy (non-hydrogen) atoms. The van der Waals surface area contributed by atoms with Crippen LogP contribution in [0.2, 0.25) is 0 Å². The van der Waals surface area contributed by atoms with Gasteiger partial charge in [0.1, 0.15) is 6.10 Å². The van der Waals surface area contributed by atoms with Crippen LogP contribution in [0.4, 0.5) is 0 Å². The van der Waals surface area contributed by atoms with Gasteiger partial charge >= 0.3 is 0 Å². The predicted molar refractivity (Wildman–Crippen MR) is 88.1 cm³/mol. The van der Waals surface area contributed by atoms with Gasteiger partial charge in [-0.1, -0.05) is 6.07 Å². The minimum Gasteiger partial charge on any atom is -0.368 e. The van der Waals surface area contributed by atoms with Crippen LogP contribution >= 0.6 is 11.3 Å². The molecule has 1 aromatic heterocycles. The lowest BCUT2D eigenvalue weighted by Crippen LogP contribution is -2.49. The molecule has 2 atom stereocenters. The molecule has 0 saturated carbocycles. The highest BCUT2D eigenvalue weighted by molar-refractivity contribution is 7.10. The van der Waals surface area contributed by atoms with Crippen molar-refractivity contribution in [2.75, 3.05) is 46.4 Å². The van der Waals surface area contributed by atoms with Crippen molar-refractivity contribution in [2.24, 2.45) is 0 Å². The van der Waals surface area contributed by atoms with E-state index in [2.05, 4.69) is 39.7 Å². The summed E-state index contributed by atoms with van der Waals surface area (Å²) in [5.41, 5.74) is 0. The number of nitrogens with one attached hydrogen (secondary N) is 1. The van der Waals surface area contributed by atoms with E-state index in [0.29, 0.717) is 13.2 Å². The Morgan fingerprint density at radius 1 is 1.45 bits per heavy atom. The molecule has 2 saturated heterocycles. The summed E-state index contributed by atoms with van der Waals surface area (Å²) >= 11 is 1.77. The standard InChI is InChI=1S/C16H25N3O2S/c1-18-6-8-19(9-7-18)13(15-5-3-11-22-15)12-17-16(20)14-4-2-10-21-14/h3,5,11,13-14H,2,4,6-10,12H2,1H3,(H,17,20)/t13-,14-/m0/s1. The minimum atomic E-state index is -0.239. The van der Waals surface area contributed by atoms with E-state index in [1.165, 1.54) is 4.88 Å². The van der Waals surface area contributed by atoms with Crippen LogP contribution in [0.5, 0.6) is 0 Å². The van der Waals surface area contributed by atoms with Crippen LogP contribution < -0.4 is 5.32 Å². The lowest BCUT2D eigenvalue weighted by molar-refractivity contribution is -0.130. The summed E-state index contributed by atoms with van der Waals surface area (Å²) in [7, 11) is 2.16. The van der Waals surface area contributed by atoms with E-state index in [9.17, 15) is 4.79 Å². The highest BCUT2D eigenvalue weighted by Gasteiger charge is 2.28. The highest BCUT2D eigenvalue weighted by Crippen LogP contribution is 2.25. The number of ether oxygens (including phenoxy) is 1. The van der Waals surface area contributed by atoms with Crippen molar-refractivity contribution in [3.8, 4) is 0 Å². The molecular weight excluding hydrogens is 298 g/mol. The fourth-order valence-corrected chi connectivity index (χ4v) is 3.98. The molecule has 0 aromatic carbocycles. The van der Waals surface area contributed by atoms with Crippen molar-refractivity contribution in [1.82, 2.24) is 15.1 Å². The van der Waals surface area contributed by atoms with Gasteiger partial charge < -0.3 is 15.0 Å². The minimum absolute atomic E-state index is 0.0492. The molecule has 2 aliphatic rings. The molecule has 1 aromatic rings. The largest absolute Gasteiger partial charge is 0.368 e. The first kappa shape index (κ1) is 15.9. The summed E-state index contributed by atoms with van der Waals surface area (Å²) in [6.45, 7) is 5.65. The number of hydrogen-bond donors (Lipinski definition) is 1. The van der Waals surface area contributed by atoms with Gasteiger partial charge in [-0.05, 0) is 31.3 Å². The lowest BCUT2D eigenvalue weighted by atomic mass is 10.1. The van der Waals surface area contributed by atoms with E-state index in [1.54, 1.807) is 11.3 Å². The molecule has 3 rings (SSSR count).